The van der Waals surface area contributed by atoms with Crippen molar-refractivity contribution in [3.05, 3.63) is 60.2 Å². The largest absolute Gasteiger partial charge is 0.748 e. The van der Waals surface area contributed by atoms with Gasteiger partial charge >= 0.3 is 0 Å². The van der Waals surface area contributed by atoms with Crippen molar-refractivity contribution in [3.8, 4) is 0 Å². The fraction of sp³-hybridized carbons (Fsp3) is 0.286. The summed E-state index contributed by atoms with van der Waals surface area (Å²) in [6, 6.07) is 18.5. The summed E-state index contributed by atoms with van der Waals surface area (Å²) in [4.78, 5) is 0. The molecule has 0 saturated carbocycles. The van der Waals surface area contributed by atoms with Crippen LogP contribution in [0.2, 0.25) is 0 Å². The van der Waals surface area contributed by atoms with Crippen molar-refractivity contribution >= 4 is 0 Å². The van der Waals surface area contributed by atoms with Crippen molar-refractivity contribution in [1.29, 1.82) is 0 Å². The van der Waals surface area contributed by atoms with Gasteiger partial charge in [0, 0.05) is 17.1 Å². The number of rotatable bonds is 0. The molecule has 1 nitrogen and oxygen atoms in total. The van der Waals surface area contributed by atoms with Gasteiger partial charge < -0.3 is 36.5 Å². The van der Waals surface area contributed by atoms with E-state index in [1.54, 1.807) is 0 Å². The van der Waals surface area contributed by atoms with Gasteiger partial charge in [-0.2, -0.15) is 17.7 Å². The first-order valence-electron chi connectivity index (χ1n) is 4.99. The molecule has 2 rings (SSSR count). The fourth-order valence-corrected chi connectivity index (χ4v) is 1.19. The van der Waals surface area contributed by atoms with Crippen molar-refractivity contribution in [3.63, 3.8) is 0 Å². The molecular weight excluding hydrogens is 238 g/mol. The van der Waals surface area contributed by atoms with Crippen LogP contribution in [0.15, 0.2) is 54.6 Å². The van der Waals surface area contributed by atoms with E-state index in [0.717, 1.165) is 0 Å². The normalized spacial score (nSPS) is 9.19. The molecule has 0 fully saturated rings. The zero-order valence-electron chi connectivity index (χ0n) is 10.3. The van der Waals surface area contributed by atoms with E-state index >= 15 is 0 Å². The molecule has 0 saturated heterocycles. The summed E-state index contributed by atoms with van der Waals surface area (Å²) >= 11 is 0. The molecule has 0 aromatic heterocycles. The second-order valence-electron chi connectivity index (χ2n) is 4.39. The van der Waals surface area contributed by atoms with E-state index in [9.17, 15) is 0 Å². The van der Waals surface area contributed by atoms with Crippen LogP contribution >= 0.6 is 0 Å². The van der Waals surface area contributed by atoms with Crippen LogP contribution in [0.4, 0.5) is 0 Å². The molecule has 16 heavy (non-hydrogen) atoms. The molecule has 0 amide bonds. The molecule has 0 atom stereocenters. The Hall–Kier alpha value is -0.821. The Labute approximate surface area is 110 Å². The summed E-state index contributed by atoms with van der Waals surface area (Å²) in [5.74, 6) is 0. The Morgan fingerprint density at radius 1 is 0.812 bits per heavy atom. The van der Waals surface area contributed by atoms with E-state index in [1.807, 2.05) is 30.3 Å². The van der Waals surface area contributed by atoms with Gasteiger partial charge in [-0.05, 0) is 0 Å². The van der Waals surface area contributed by atoms with Gasteiger partial charge in [-0.25, -0.2) is 12.1 Å². The molecule has 3 N–H and O–H groups in total. The maximum Gasteiger partial charge on any atom is 0 e. The summed E-state index contributed by atoms with van der Waals surface area (Å²) in [7, 11) is 0. The zero-order valence-corrected chi connectivity index (χ0v) is 11.4. The fourth-order valence-electron chi connectivity index (χ4n) is 1.19. The van der Waals surface area contributed by atoms with E-state index in [1.165, 1.54) is 5.56 Å². The molecule has 0 aliphatic rings. The third-order valence-corrected chi connectivity index (χ3v) is 2.08. The van der Waals surface area contributed by atoms with Crippen LogP contribution in [0, 0.1) is 0 Å². The smallest absolute Gasteiger partial charge is 0 e. The minimum absolute atomic E-state index is 0. The van der Waals surface area contributed by atoms with E-state index in [0.29, 0.717) is 5.41 Å². The first-order valence-corrected chi connectivity index (χ1v) is 4.99. The van der Waals surface area contributed by atoms with Crippen LogP contribution in [0.25, 0.3) is 0 Å². The van der Waals surface area contributed by atoms with Crippen molar-refractivity contribution < 1.29 is 17.1 Å². The van der Waals surface area contributed by atoms with Crippen molar-refractivity contribution in [1.82, 2.24) is 6.15 Å². The minimum atomic E-state index is 0. The van der Waals surface area contributed by atoms with E-state index < -0.39 is 0 Å². The molecule has 96 valence electrons. The van der Waals surface area contributed by atoms with Crippen LogP contribution in [-0.2, 0) is 22.5 Å². The predicted octanol–water partition coefficient (Wildman–Crippen LogP) is 4.27. The predicted molar refractivity (Wildman–Crippen MR) is 67.8 cm³/mol. The molecule has 0 spiro atoms. The molecular formula is C14H21FeN-6. The molecule has 0 aliphatic heterocycles. The molecule has 2 heteroatoms. The third-order valence-electron chi connectivity index (χ3n) is 2.08. The minimum Gasteiger partial charge on any atom is -0.748 e. The van der Waals surface area contributed by atoms with Crippen molar-refractivity contribution in [2.75, 3.05) is 0 Å². The SMILES string of the molecule is CC(C)(C)[c-]1cccc1.N.[Fe].[cH-]1[cH-][cH-][cH-][cH-]1. The average Bonchev–Trinajstić information content (AvgIpc) is 2.80. The third kappa shape index (κ3) is 6.62. The van der Waals surface area contributed by atoms with Gasteiger partial charge in [-0.3, -0.25) is 0 Å². The number of hydrogen-bond donors (Lipinski definition) is 1. The average molecular weight is 259 g/mol. The Balaban J connectivity index is 0. The second kappa shape index (κ2) is 8.35. The first kappa shape index (κ1) is 17.6. The molecule has 0 heterocycles. The van der Waals surface area contributed by atoms with Crippen LogP contribution in [0.5, 0.6) is 0 Å². The summed E-state index contributed by atoms with van der Waals surface area (Å²) in [6.45, 7) is 6.67. The molecule has 2 aromatic carbocycles. The maximum absolute atomic E-state index is 2.22. The maximum atomic E-state index is 2.22. The second-order valence-corrected chi connectivity index (χ2v) is 4.39. The summed E-state index contributed by atoms with van der Waals surface area (Å²) < 4.78 is 0. The summed E-state index contributed by atoms with van der Waals surface area (Å²) in [5, 5.41) is 0. The number of hydrogen-bond acceptors (Lipinski definition) is 1. The molecule has 2 aromatic rings. The van der Waals surface area contributed by atoms with Gasteiger partial charge in [0.15, 0.2) is 0 Å². The Morgan fingerprint density at radius 3 is 1.31 bits per heavy atom. The van der Waals surface area contributed by atoms with Gasteiger partial charge in [-0.15, -0.1) is 0 Å². The zero-order chi connectivity index (χ0) is 10.4. The Kier molecular flexibility index (Phi) is 9.16. The first-order chi connectivity index (χ1) is 6.61. The van der Waals surface area contributed by atoms with E-state index in [-0.39, 0.29) is 23.2 Å². The van der Waals surface area contributed by atoms with Crippen LogP contribution < -0.4 is 6.15 Å². The topological polar surface area (TPSA) is 35.0 Å². The molecule has 0 aliphatic carbocycles. The van der Waals surface area contributed by atoms with E-state index in [4.69, 9.17) is 0 Å². The molecule has 0 bridgehead atoms. The van der Waals surface area contributed by atoms with Gasteiger partial charge in [0.2, 0.25) is 0 Å². The Morgan fingerprint density at radius 2 is 1.12 bits per heavy atom. The van der Waals surface area contributed by atoms with Gasteiger partial charge in [-0.1, -0.05) is 26.2 Å². The summed E-state index contributed by atoms with van der Waals surface area (Å²) in [6.07, 6.45) is 0. The van der Waals surface area contributed by atoms with Gasteiger partial charge in [0.05, 0.1) is 0 Å². The van der Waals surface area contributed by atoms with E-state index in [2.05, 4.69) is 45.0 Å². The molecule has 0 unspecified atom stereocenters. The quantitative estimate of drug-likeness (QED) is 0.556. The van der Waals surface area contributed by atoms with Crippen LogP contribution in [0.1, 0.15) is 26.3 Å². The van der Waals surface area contributed by atoms with Gasteiger partial charge in [0.1, 0.15) is 0 Å². The monoisotopic (exact) mass is 259 g/mol. The Bertz CT molecular complexity index is 297. The van der Waals surface area contributed by atoms with Crippen molar-refractivity contribution in [2.24, 2.45) is 0 Å². The standard InChI is InChI=1S/C9H13.C5H5.Fe.H3N/c1-9(2,3)8-6-4-5-7-8;1-2-4-5-3-1;;/h4-7H,1-3H3;1-5H;;1H3/q-1;-5;;. The van der Waals surface area contributed by atoms with Crippen LogP contribution in [-0.4, -0.2) is 0 Å². The van der Waals surface area contributed by atoms with Crippen molar-refractivity contribution in [2.45, 2.75) is 26.2 Å². The molecule has 0 radical (unpaired) electrons. The van der Waals surface area contributed by atoms with Crippen LogP contribution in [0.3, 0.4) is 0 Å². The van der Waals surface area contributed by atoms with Gasteiger partial charge in [0.25, 0.3) is 0 Å². The summed E-state index contributed by atoms with van der Waals surface area (Å²) in [5.41, 5.74) is 1.74.